The standard InChI is InChI=1S/C14H26N2O2.ClH/c15-11-14(5-2-1-3-6-14)8-13(17)16-9-12-4-7-18-10-12;/h12H,1-11,15H2,(H,16,17);1H. The summed E-state index contributed by atoms with van der Waals surface area (Å²) in [6.45, 7) is 3.04. The number of hydrogen-bond donors (Lipinski definition) is 2. The molecule has 2 fully saturated rings. The summed E-state index contributed by atoms with van der Waals surface area (Å²) in [5.41, 5.74) is 5.98. The Labute approximate surface area is 122 Å². The number of ether oxygens (including phenoxy) is 1. The molecule has 1 saturated carbocycles. The highest BCUT2D eigenvalue weighted by atomic mass is 35.5. The zero-order valence-corrected chi connectivity index (χ0v) is 12.5. The van der Waals surface area contributed by atoms with Gasteiger partial charge in [0.25, 0.3) is 0 Å². The van der Waals surface area contributed by atoms with Crippen LogP contribution >= 0.6 is 12.4 Å². The van der Waals surface area contributed by atoms with E-state index in [1.165, 1.54) is 19.3 Å². The number of nitrogens with two attached hydrogens (primary N) is 1. The Morgan fingerprint density at radius 1 is 1.32 bits per heavy atom. The number of hydrogen-bond acceptors (Lipinski definition) is 3. The largest absolute Gasteiger partial charge is 0.381 e. The molecule has 0 aromatic heterocycles. The molecule has 1 unspecified atom stereocenters. The second-order valence-electron chi connectivity index (χ2n) is 5.98. The van der Waals surface area contributed by atoms with Gasteiger partial charge in [-0.25, -0.2) is 0 Å². The van der Waals surface area contributed by atoms with E-state index in [4.69, 9.17) is 10.5 Å². The zero-order valence-electron chi connectivity index (χ0n) is 11.7. The fourth-order valence-corrected chi connectivity index (χ4v) is 3.16. The Kier molecular flexibility index (Phi) is 7.11. The molecule has 1 aliphatic heterocycles. The van der Waals surface area contributed by atoms with Crippen molar-refractivity contribution in [2.45, 2.75) is 44.9 Å². The molecule has 19 heavy (non-hydrogen) atoms. The molecule has 1 amide bonds. The third-order valence-electron chi connectivity index (χ3n) is 4.49. The molecular formula is C14H27ClN2O2. The lowest BCUT2D eigenvalue weighted by molar-refractivity contribution is -0.124. The lowest BCUT2D eigenvalue weighted by Gasteiger charge is -2.35. The Balaban J connectivity index is 0.00000180. The summed E-state index contributed by atoms with van der Waals surface area (Å²) >= 11 is 0. The van der Waals surface area contributed by atoms with E-state index in [-0.39, 0.29) is 23.7 Å². The number of carbonyl (C=O) groups is 1. The average molecular weight is 291 g/mol. The van der Waals surface area contributed by atoms with E-state index in [2.05, 4.69) is 5.32 Å². The first-order valence-corrected chi connectivity index (χ1v) is 7.29. The quantitative estimate of drug-likeness (QED) is 0.812. The lowest BCUT2D eigenvalue weighted by atomic mass is 9.71. The monoisotopic (exact) mass is 290 g/mol. The molecule has 4 nitrogen and oxygen atoms in total. The summed E-state index contributed by atoms with van der Waals surface area (Å²) in [6.07, 6.45) is 7.65. The predicted molar refractivity (Wildman–Crippen MR) is 78.4 cm³/mol. The highest BCUT2D eigenvalue weighted by Gasteiger charge is 2.33. The zero-order chi connectivity index (χ0) is 12.8. The van der Waals surface area contributed by atoms with E-state index < -0.39 is 0 Å². The van der Waals surface area contributed by atoms with Gasteiger partial charge in [0.1, 0.15) is 0 Å². The Morgan fingerprint density at radius 3 is 2.63 bits per heavy atom. The maximum absolute atomic E-state index is 12.0. The van der Waals surface area contributed by atoms with Crippen molar-refractivity contribution in [3.63, 3.8) is 0 Å². The fraction of sp³-hybridized carbons (Fsp3) is 0.929. The van der Waals surface area contributed by atoms with Gasteiger partial charge >= 0.3 is 0 Å². The molecule has 0 radical (unpaired) electrons. The van der Waals surface area contributed by atoms with Crippen molar-refractivity contribution >= 4 is 18.3 Å². The van der Waals surface area contributed by atoms with E-state index in [9.17, 15) is 4.79 Å². The van der Waals surface area contributed by atoms with Gasteiger partial charge < -0.3 is 15.8 Å². The number of halogens is 1. The first-order valence-electron chi connectivity index (χ1n) is 7.29. The number of nitrogens with one attached hydrogen (secondary N) is 1. The van der Waals surface area contributed by atoms with Crippen LogP contribution in [-0.4, -0.2) is 32.2 Å². The molecule has 3 N–H and O–H groups in total. The number of amides is 1. The highest BCUT2D eigenvalue weighted by Crippen LogP contribution is 2.38. The molecule has 2 aliphatic rings. The van der Waals surface area contributed by atoms with Gasteiger partial charge in [0.15, 0.2) is 0 Å². The minimum Gasteiger partial charge on any atom is -0.381 e. The van der Waals surface area contributed by atoms with Crippen molar-refractivity contribution in [2.75, 3.05) is 26.3 Å². The first kappa shape index (κ1) is 16.7. The van der Waals surface area contributed by atoms with Crippen molar-refractivity contribution in [3.8, 4) is 0 Å². The fourth-order valence-electron chi connectivity index (χ4n) is 3.16. The maximum atomic E-state index is 12.0. The SMILES string of the molecule is Cl.NCC1(CC(=O)NCC2CCOC2)CCCCC1. The topological polar surface area (TPSA) is 64.4 Å². The second kappa shape index (κ2) is 8.08. The van der Waals surface area contributed by atoms with E-state index >= 15 is 0 Å². The van der Waals surface area contributed by atoms with Crippen molar-refractivity contribution in [1.29, 1.82) is 0 Å². The van der Waals surface area contributed by atoms with Crippen LogP contribution < -0.4 is 11.1 Å². The molecule has 112 valence electrons. The van der Waals surface area contributed by atoms with E-state index in [1.54, 1.807) is 0 Å². The molecule has 5 heteroatoms. The van der Waals surface area contributed by atoms with E-state index in [1.807, 2.05) is 0 Å². The van der Waals surface area contributed by atoms with Crippen LogP contribution in [0.3, 0.4) is 0 Å². The predicted octanol–water partition coefficient (Wildman–Crippen LogP) is 1.86. The maximum Gasteiger partial charge on any atom is 0.220 e. The van der Waals surface area contributed by atoms with E-state index in [0.717, 1.165) is 39.0 Å². The van der Waals surface area contributed by atoms with Crippen LogP contribution in [0.1, 0.15) is 44.9 Å². The molecule has 0 spiro atoms. The van der Waals surface area contributed by atoms with Crippen LogP contribution in [0.15, 0.2) is 0 Å². The average Bonchev–Trinajstić information content (AvgIpc) is 2.91. The van der Waals surface area contributed by atoms with Gasteiger partial charge in [-0.2, -0.15) is 0 Å². The minimum atomic E-state index is 0. The smallest absolute Gasteiger partial charge is 0.220 e. The summed E-state index contributed by atoms with van der Waals surface area (Å²) in [6, 6.07) is 0. The van der Waals surface area contributed by atoms with Crippen LogP contribution in [0.2, 0.25) is 0 Å². The van der Waals surface area contributed by atoms with Gasteiger partial charge in [0, 0.05) is 25.5 Å². The first-order chi connectivity index (χ1) is 8.74. The molecule has 1 saturated heterocycles. The van der Waals surface area contributed by atoms with Crippen molar-refractivity contribution in [1.82, 2.24) is 5.32 Å². The Bertz CT molecular complexity index is 275. The third-order valence-corrected chi connectivity index (χ3v) is 4.49. The number of rotatable bonds is 5. The van der Waals surface area contributed by atoms with Gasteiger partial charge in [-0.3, -0.25) is 4.79 Å². The molecule has 0 aromatic rings. The third kappa shape index (κ3) is 4.93. The van der Waals surface area contributed by atoms with Crippen molar-refractivity contribution < 1.29 is 9.53 Å². The summed E-state index contributed by atoms with van der Waals surface area (Å²) in [4.78, 5) is 12.0. The van der Waals surface area contributed by atoms with Crippen LogP contribution in [0.4, 0.5) is 0 Å². The highest BCUT2D eigenvalue weighted by molar-refractivity contribution is 5.85. The molecule has 2 rings (SSSR count). The second-order valence-corrected chi connectivity index (χ2v) is 5.98. The normalized spacial score (nSPS) is 25.6. The lowest BCUT2D eigenvalue weighted by Crippen LogP contribution is -2.39. The van der Waals surface area contributed by atoms with Gasteiger partial charge in [0.2, 0.25) is 5.91 Å². The van der Waals surface area contributed by atoms with Gasteiger partial charge in [-0.15, -0.1) is 12.4 Å². The summed E-state index contributed by atoms with van der Waals surface area (Å²) in [5.74, 6) is 0.684. The van der Waals surface area contributed by atoms with Crippen LogP contribution in [0.25, 0.3) is 0 Å². The summed E-state index contributed by atoms with van der Waals surface area (Å²) in [5, 5.41) is 3.06. The van der Waals surface area contributed by atoms with Crippen molar-refractivity contribution in [2.24, 2.45) is 17.1 Å². The Hall–Kier alpha value is -0.320. The van der Waals surface area contributed by atoms with Crippen molar-refractivity contribution in [3.05, 3.63) is 0 Å². The molecule has 0 bridgehead atoms. The molecule has 1 aliphatic carbocycles. The van der Waals surface area contributed by atoms with Crippen LogP contribution in [0, 0.1) is 11.3 Å². The van der Waals surface area contributed by atoms with Gasteiger partial charge in [0.05, 0.1) is 6.61 Å². The summed E-state index contributed by atoms with van der Waals surface area (Å²) in [7, 11) is 0. The van der Waals surface area contributed by atoms with Gasteiger partial charge in [-0.05, 0) is 31.2 Å². The van der Waals surface area contributed by atoms with Crippen LogP contribution in [0.5, 0.6) is 0 Å². The van der Waals surface area contributed by atoms with E-state index in [0.29, 0.717) is 18.9 Å². The van der Waals surface area contributed by atoms with Gasteiger partial charge in [-0.1, -0.05) is 19.3 Å². The molecular weight excluding hydrogens is 264 g/mol. The molecule has 0 aromatic carbocycles. The minimum absolute atomic E-state index is 0. The van der Waals surface area contributed by atoms with Crippen LogP contribution in [-0.2, 0) is 9.53 Å². The summed E-state index contributed by atoms with van der Waals surface area (Å²) < 4.78 is 5.31. The number of carbonyl (C=O) groups excluding carboxylic acids is 1. The molecule has 1 heterocycles. The molecule has 1 atom stereocenters. The Morgan fingerprint density at radius 2 is 2.05 bits per heavy atom.